The number of ether oxygens (including phenoxy) is 2. The summed E-state index contributed by atoms with van der Waals surface area (Å²) in [6.07, 6.45) is 1.51. The van der Waals surface area contributed by atoms with E-state index in [0.29, 0.717) is 37.3 Å². The molecule has 10 heteroatoms. The minimum Gasteiger partial charge on any atom is -0.493 e. The zero-order chi connectivity index (χ0) is 23.3. The molecule has 0 unspecified atom stereocenters. The summed E-state index contributed by atoms with van der Waals surface area (Å²) in [4.78, 5) is 12.5. The van der Waals surface area contributed by atoms with Crippen LogP contribution in [0.2, 0.25) is 10.0 Å². The molecule has 2 aromatic rings. The van der Waals surface area contributed by atoms with E-state index in [1.165, 1.54) is 16.4 Å². The first-order chi connectivity index (χ1) is 15.3. The molecule has 174 valence electrons. The van der Waals surface area contributed by atoms with Gasteiger partial charge in [-0.1, -0.05) is 35.3 Å². The lowest BCUT2D eigenvalue weighted by Crippen LogP contribution is -2.43. The molecule has 0 atom stereocenters. The molecule has 1 fully saturated rings. The first-order valence-electron chi connectivity index (χ1n) is 10.2. The van der Waals surface area contributed by atoms with Gasteiger partial charge in [-0.25, -0.2) is 8.42 Å². The summed E-state index contributed by atoms with van der Waals surface area (Å²) in [5.41, 5.74) is 1.01. The van der Waals surface area contributed by atoms with E-state index in [1.807, 2.05) is 18.2 Å². The number of sulfonamides is 1. The predicted molar refractivity (Wildman–Crippen MR) is 124 cm³/mol. The summed E-state index contributed by atoms with van der Waals surface area (Å²) < 4.78 is 37.8. The Kier molecular flexibility index (Phi) is 8.27. The molecular formula is C22H26Cl2N2O5S. The number of carbonyl (C=O) groups is 1. The molecule has 1 aliphatic heterocycles. The molecule has 0 radical (unpaired) electrons. The predicted octanol–water partition coefficient (Wildman–Crippen LogP) is 3.77. The minimum atomic E-state index is -3.82. The van der Waals surface area contributed by atoms with E-state index in [4.69, 9.17) is 32.7 Å². The fraction of sp³-hybridized carbons (Fsp3) is 0.409. The highest BCUT2D eigenvalue weighted by molar-refractivity contribution is 7.89. The molecule has 1 N–H and O–H groups in total. The molecule has 0 saturated carbocycles. The molecule has 1 saturated heterocycles. The fourth-order valence-corrected chi connectivity index (χ4v) is 6.29. The van der Waals surface area contributed by atoms with Crippen LogP contribution in [0.25, 0.3) is 0 Å². The van der Waals surface area contributed by atoms with Gasteiger partial charge in [-0.2, -0.15) is 4.31 Å². The lowest BCUT2D eigenvalue weighted by atomic mass is 9.97. The van der Waals surface area contributed by atoms with Crippen molar-refractivity contribution in [1.82, 2.24) is 9.62 Å². The number of methoxy groups -OCH3 is 2. The summed E-state index contributed by atoms with van der Waals surface area (Å²) >= 11 is 12.2. The molecule has 0 aliphatic carbocycles. The topological polar surface area (TPSA) is 84.9 Å². The molecule has 0 spiro atoms. The van der Waals surface area contributed by atoms with E-state index in [9.17, 15) is 13.2 Å². The lowest BCUT2D eigenvalue weighted by molar-refractivity contribution is -0.126. The van der Waals surface area contributed by atoms with Crippen LogP contribution in [0.3, 0.4) is 0 Å². The number of benzene rings is 2. The highest BCUT2D eigenvalue weighted by atomic mass is 35.5. The Morgan fingerprint density at radius 3 is 2.28 bits per heavy atom. The van der Waals surface area contributed by atoms with Gasteiger partial charge in [0, 0.05) is 25.6 Å². The van der Waals surface area contributed by atoms with Crippen molar-refractivity contribution >= 4 is 39.1 Å². The molecule has 3 rings (SSSR count). The first-order valence-corrected chi connectivity index (χ1v) is 12.4. The van der Waals surface area contributed by atoms with Crippen molar-refractivity contribution in [2.24, 2.45) is 5.92 Å². The van der Waals surface area contributed by atoms with Crippen molar-refractivity contribution in [3.63, 3.8) is 0 Å². The zero-order valence-corrected chi connectivity index (χ0v) is 20.3. The molecular weight excluding hydrogens is 475 g/mol. The molecule has 2 aromatic carbocycles. The third kappa shape index (κ3) is 5.49. The van der Waals surface area contributed by atoms with Crippen molar-refractivity contribution in [2.75, 3.05) is 33.9 Å². The Morgan fingerprint density at radius 1 is 1.06 bits per heavy atom. The second-order valence-electron chi connectivity index (χ2n) is 7.46. The Balaban J connectivity index is 1.52. The number of halogens is 2. The van der Waals surface area contributed by atoms with Gasteiger partial charge in [0.25, 0.3) is 0 Å². The van der Waals surface area contributed by atoms with Gasteiger partial charge in [0.1, 0.15) is 4.90 Å². The summed E-state index contributed by atoms with van der Waals surface area (Å²) in [6, 6.07) is 10.2. The Bertz CT molecular complexity index is 1050. The van der Waals surface area contributed by atoms with Crippen molar-refractivity contribution in [3.05, 3.63) is 52.0 Å². The van der Waals surface area contributed by atoms with Crippen LogP contribution in [0.5, 0.6) is 11.5 Å². The highest BCUT2D eigenvalue weighted by Gasteiger charge is 2.34. The molecule has 1 amide bonds. The van der Waals surface area contributed by atoms with E-state index >= 15 is 0 Å². The quantitative estimate of drug-likeness (QED) is 0.596. The Labute approximate surface area is 198 Å². The molecule has 0 bridgehead atoms. The molecule has 32 heavy (non-hydrogen) atoms. The normalized spacial score (nSPS) is 15.4. The van der Waals surface area contributed by atoms with Crippen LogP contribution in [-0.4, -0.2) is 52.5 Å². The average molecular weight is 501 g/mol. The van der Waals surface area contributed by atoms with Crippen LogP contribution in [-0.2, 0) is 21.2 Å². The Hall–Kier alpha value is -2.00. The highest BCUT2D eigenvalue weighted by Crippen LogP contribution is 2.33. The van der Waals surface area contributed by atoms with Gasteiger partial charge in [-0.15, -0.1) is 0 Å². The van der Waals surface area contributed by atoms with E-state index in [0.717, 1.165) is 5.56 Å². The van der Waals surface area contributed by atoms with Gasteiger partial charge in [0.2, 0.25) is 15.9 Å². The number of nitrogens with one attached hydrogen (secondary N) is 1. The van der Waals surface area contributed by atoms with E-state index < -0.39 is 10.0 Å². The second-order valence-corrected chi connectivity index (χ2v) is 10.1. The number of piperidine rings is 1. The summed E-state index contributed by atoms with van der Waals surface area (Å²) in [6.45, 7) is 0.942. The summed E-state index contributed by atoms with van der Waals surface area (Å²) in [7, 11) is -0.663. The summed E-state index contributed by atoms with van der Waals surface area (Å²) in [5, 5.41) is 3.13. The van der Waals surface area contributed by atoms with Crippen molar-refractivity contribution < 1.29 is 22.7 Å². The van der Waals surface area contributed by atoms with Crippen molar-refractivity contribution in [2.45, 2.75) is 24.2 Å². The van der Waals surface area contributed by atoms with E-state index in [2.05, 4.69) is 5.32 Å². The number of rotatable bonds is 8. The van der Waals surface area contributed by atoms with Crippen LogP contribution in [0.4, 0.5) is 0 Å². The fourth-order valence-electron chi connectivity index (χ4n) is 3.73. The van der Waals surface area contributed by atoms with Crippen LogP contribution in [0.15, 0.2) is 41.3 Å². The largest absolute Gasteiger partial charge is 0.493 e. The lowest BCUT2D eigenvalue weighted by Gasteiger charge is -2.31. The van der Waals surface area contributed by atoms with Crippen molar-refractivity contribution in [3.8, 4) is 11.5 Å². The number of hydrogen-bond acceptors (Lipinski definition) is 5. The van der Waals surface area contributed by atoms with Gasteiger partial charge in [-0.05, 0) is 49.1 Å². The monoisotopic (exact) mass is 500 g/mol. The first kappa shape index (κ1) is 24.6. The third-order valence-electron chi connectivity index (χ3n) is 5.50. The van der Waals surface area contributed by atoms with Gasteiger partial charge in [-0.3, -0.25) is 4.79 Å². The molecule has 7 nitrogen and oxygen atoms in total. The number of amides is 1. The standard InChI is InChI=1S/C22H26Cl2N2O5S/c1-30-19-7-6-15(14-20(19)31-2)8-11-25-22(27)16-9-12-26(13-10-16)32(28,29)21-17(23)4-3-5-18(21)24/h3-7,14,16H,8-13H2,1-2H3,(H,25,27). The van der Waals surface area contributed by atoms with Crippen LogP contribution in [0.1, 0.15) is 18.4 Å². The number of carbonyl (C=O) groups excluding carboxylic acids is 1. The zero-order valence-electron chi connectivity index (χ0n) is 17.9. The van der Waals surface area contributed by atoms with Crippen LogP contribution in [0, 0.1) is 5.92 Å². The SMILES string of the molecule is COc1ccc(CCNC(=O)C2CCN(S(=O)(=O)c3c(Cl)cccc3Cl)CC2)cc1OC. The maximum absolute atomic E-state index is 13.0. The van der Waals surface area contributed by atoms with E-state index in [-0.39, 0.29) is 39.9 Å². The van der Waals surface area contributed by atoms with Gasteiger partial charge < -0.3 is 14.8 Å². The van der Waals surface area contributed by atoms with Crippen LogP contribution < -0.4 is 14.8 Å². The van der Waals surface area contributed by atoms with E-state index in [1.54, 1.807) is 20.3 Å². The summed E-state index contributed by atoms with van der Waals surface area (Å²) in [5.74, 6) is 0.982. The number of hydrogen-bond donors (Lipinski definition) is 1. The molecule has 1 aliphatic rings. The van der Waals surface area contributed by atoms with Gasteiger partial charge >= 0.3 is 0 Å². The molecule has 0 aromatic heterocycles. The Morgan fingerprint density at radius 2 is 1.69 bits per heavy atom. The smallest absolute Gasteiger partial charge is 0.246 e. The average Bonchev–Trinajstić information content (AvgIpc) is 2.78. The van der Waals surface area contributed by atoms with Crippen LogP contribution >= 0.6 is 23.2 Å². The maximum atomic E-state index is 13.0. The van der Waals surface area contributed by atoms with Gasteiger partial charge in [0.15, 0.2) is 11.5 Å². The van der Waals surface area contributed by atoms with Gasteiger partial charge in [0.05, 0.1) is 24.3 Å². The number of nitrogens with zero attached hydrogens (tertiary/aromatic N) is 1. The maximum Gasteiger partial charge on any atom is 0.246 e. The molecule has 1 heterocycles. The third-order valence-corrected chi connectivity index (χ3v) is 8.36. The minimum absolute atomic E-state index is 0.0710. The second kappa shape index (κ2) is 10.7. The van der Waals surface area contributed by atoms with Crippen molar-refractivity contribution in [1.29, 1.82) is 0 Å².